The molecule has 89 heavy (non-hydrogen) atoms. The van der Waals surface area contributed by atoms with E-state index in [2.05, 4.69) is 34.4 Å². The van der Waals surface area contributed by atoms with Crippen LogP contribution in [-0.2, 0) is 47.0 Å². The van der Waals surface area contributed by atoms with E-state index in [0.717, 1.165) is 10.5 Å². The molecule has 0 radical (unpaired) electrons. The minimum atomic E-state index is -4.65. The first-order chi connectivity index (χ1) is 42.5. The number of nitrogens with one attached hydrogen (secondary N) is 4. The van der Waals surface area contributed by atoms with Crippen molar-refractivity contribution in [3.8, 4) is 23.0 Å². The molecule has 6 amide bonds. The summed E-state index contributed by atoms with van der Waals surface area (Å²) in [7, 11) is -1.83. The molecule has 6 unspecified atom stereocenters. The number of hydrogen-bond acceptors (Lipinski definition) is 18. The summed E-state index contributed by atoms with van der Waals surface area (Å²) in [6, 6.07) is 17.6. The Bertz CT molecular complexity index is 3370. The van der Waals surface area contributed by atoms with Gasteiger partial charge in [0.05, 0.1) is 87.3 Å². The van der Waals surface area contributed by atoms with Crippen molar-refractivity contribution >= 4 is 62.8 Å². The zero-order valence-corrected chi connectivity index (χ0v) is 51.3. The molecule has 4 aromatic rings. The van der Waals surface area contributed by atoms with Gasteiger partial charge >= 0.3 is 6.09 Å². The molecule has 0 aromatic heterocycles. The standard InChI is InChI=1S/C63H80N8O17S/c1-38-27-49-58(89(80,81)82)68-46-32-53(51(83-5)30-43(46)59(76)69(49)34-38)85-24-13-8-14-25-86-54-33-48-44(31-52(54)84-6)60(77)70-35-39(2)28-50(70)61(78)71(48)62(79)87-36-41-18-20-42(21-19-41)65-56(74)45(17-11-12-23-64)67-57(75)47(29-40-15-9-7-10-16-40)66-55(73)22-26-88-63(3,4)37-72/h7,9-10,15-16,18-21,30-33,45,47,49-50,58,61,68,72,78H,1-2,8,11-14,17,22-29,34-37,64H2,3-6H3,(H,65,74)(H,66,73)(H,67,75)(H,80,81,82). The zero-order valence-electron chi connectivity index (χ0n) is 50.5. The summed E-state index contributed by atoms with van der Waals surface area (Å²) in [6.07, 6.45) is 0.864. The van der Waals surface area contributed by atoms with Crippen LogP contribution >= 0.6 is 0 Å². The smallest absolute Gasteiger partial charge is 0.416 e. The largest absolute Gasteiger partial charge is 0.493 e. The van der Waals surface area contributed by atoms with Crippen molar-refractivity contribution in [2.45, 2.75) is 126 Å². The van der Waals surface area contributed by atoms with Crippen molar-refractivity contribution in [3.63, 3.8) is 0 Å². The summed E-state index contributed by atoms with van der Waals surface area (Å²) in [4.78, 5) is 87.1. The first-order valence-electron chi connectivity index (χ1n) is 29.5. The first kappa shape index (κ1) is 66.7. The molecule has 2 fully saturated rings. The van der Waals surface area contributed by atoms with Crippen molar-refractivity contribution in [1.82, 2.24) is 20.4 Å². The van der Waals surface area contributed by atoms with E-state index in [4.69, 9.17) is 34.2 Å². The average Bonchev–Trinajstić information content (AvgIpc) is 1.68. The van der Waals surface area contributed by atoms with Crippen LogP contribution in [0.3, 0.4) is 0 Å². The fourth-order valence-corrected chi connectivity index (χ4v) is 11.9. The van der Waals surface area contributed by atoms with Crippen LogP contribution in [0.5, 0.6) is 23.0 Å². The fourth-order valence-electron chi connectivity index (χ4n) is 11.0. The van der Waals surface area contributed by atoms with Gasteiger partial charge in [-0.05, 0) is 107 Å². The molecule has 9 N–H and O–H groups in total. The maximum Gasteiger partial charge on any atom is 0.416 e. The Morgan fingerprint density at radius 1 is 0.753 bits per heavy atom. The molecule has 4 aliphatic rings. The molecule has 6 atom stereocenters. The van der Waals surface area contributed by atoms with Gasteiger partial charge in [0.2, 0.25) is 17.7 Å². The Morgan fingerprint density at radius 2 is 1.37 bits per heavy atom. The third-order valence-corrected chi connectivity index (χ3v) is 16.9. The van der Waals surface area contributed by atoms with E-state index >= 15 is 0 Å². The van der Waals surface area contributed by atoms with Crippen molar-refractivity contribution in [2.75, 3.05) is 75.8 Å². The van der Waals surface area contributed by atoms with Crippen LogP contribution in [0.15, 0.2) is 103 Å². The quantitative estimate of drug-likeness (QED) is 0.0190. The SMILES string of the molecule is C=C1CC2C(O)N(C(=O)OCc3ccc(NC(=O)C(CCCCN)NC(=O)C(Cc4ccccc4)NC(=O)CCOC(C)(C)CO)cc3)c3cc(OCCCCCOc4cc5c(cc4OC)C(=O)N4CC(=C)CC4C(S(=O)(=O)O)N5)c(OC)cc3C(=O)N2C1. The van der Waals surface area contributed by atoms with Crippen LogP contribution in [0.1, 0.15) is 103 Å². The van der Waals surface area contributed by atoms with Gasteiger partial charge in [0.1, 0.15) is 18.7 Å². The van der Waals surface area contributed by atoms with E-state index in [0.29, 0.717) is 61.0 Å². The number of unbranched alkanes of at least 4 members (excludes halogenated alkanes) is 3. The number of nitrogens with zero attached hydrogens (tertiary/aromatic N) is 3. The lowest BCUT2D eigenvalue weighted by atomic mass is 10.0. The second-order valence-corrected chi connectivity index (χ2v) is 24.5. The highest BCUT2D eigenvalue weighted by atomic mass is 32.2. The number of aliphatic hydroxyl groups excluding tert-OH is 2. The number of carbonyl (C=O) groups is 6. The zero-order chi connectivity index (χ0) is 64.2. The third-order valence-electron chi connectivity index (χ3n) is 15.8. The monoisotopic (exact) mass is 1250 g/mol. The van der Waals surface area contributed by atoms with E-state index in [1.165, 1.54) is 48.3 Å². The Hall–Kier alpha value is -8.27. The summed E-state index contributed by atoms with van der Waals surface area (Å²) in [6.45, 7) is 11.8. The first-order valence-corrected chi connectivity index (χ1v) is 31.0. The van der Waals surface area contributed by atoms with Gasteiger partial charge in [0.15, 0.2) is 34.6 Å². The van der Waals surface area contributed by atoms with E-state index in [-0.39, 0.29) is 124 Å². The van der Waals surface area contributed by atoms with Crippen molar-refractivity contribution < 1.29 is 80.4 Å². The summed E-state index contributed by atoms with van der Waals surface area (Å²) >= 11 is 0. The number of rotatable bonds is 29. The summed E-state index contributed by atoms with van der Waals surface area (Å²) in [5, 5.41) is 31.4. The van der Waals surface area contributed by atoms with E-state index < -0.39 is 87.1 Å². The maximum absolute atomic E-state index is 14.3. The molecule has 26 heteroatoms. The van der Waals surface area contributed by atoms with Crippen LogP contribution in [0, 0.1) is 0 Å². The highest BCUT2D eigenvalue weighted by Crippen LogP contribution is 2.43. The molecule has 0 saturated carbocycles. The Morgan fingerprint density at radius 3 is 2.00 bits per heavy atom. The number of nitrogens with two attached hydrogens (primary N) is 1. The van der Waals surface area contributed by atoms with Gasteiger partial charge in [-0.2, -0.15) is 8.42 Å². The number of aliphatic hydroxyl groups is 2. The predicted molar refractivity (Wildman–Crippen MR) is 329 cm³/mol. The highest BCUT2D eigenvalue weighted by Gasteiger charge is 2.48. The second-order valence-electron chi connectivity index (χ2n) is 23.0. The summed E-state index contributed by atoms with van der Waals surface area (Å²) in [5.41, 5.74) is 8.28. The van der Waals surface area contributed by atoms with Gasteiger partial charge < -0.3 is 75.4 Å². The Kier molecular flexibility index (Phi) is 22.3. The molecule has 8 rings (SSSR count). The molecule has 2 saturated heterocycles. The number of carbonyl (C=O) groups excluding carboxylic acids is 6. The minimum absolute atomic E-state index is 0.00677. The van der Waals surface area contributed by atoms with Crippen molar-refractivity contribution in [3.05, 3.63) is 125 Å². The summed E-state index contributed by atoms with van der Waals surface area (Å²) in [5.74, 6) is -1.62. The summed E-state index contributed by atoms with van der Waals surface area (Å²) < 4.78 is 70.2. The van der Waals surface area contributed by atoms with Crippen molar-refractivity contribution in [2.24, 2.45) is 5.73 Å². The average molecular weight is 1250 g/mol. The number of ether oxygens (including phenoxy) is 6. The minimum Gasteiger partial charge on any atom is -0.493 e. The fraction of sp³-hybridized carbons (Fsp3) is 0.460. The maximum atomic E-state index is 14.3. The van der Waals surface area contributed by atoms with E-state index in [1.54, 1.807) is 38.1 Å². The third kappa shape index (κ3) is 16.7. The number of benzene rings is 4. The molecule has 4 aliphatic heterocycles. The number of anilines is 3. The van der Waals surface area contributed by atoms with Crippen LogP contribution in [0.25, 0.3) is 0 Å². The predicted octanol–water partition coefficient (Wildman–Crippen LogP) is 5.45. The van der Waals surface area contributed by atoms with Crippen LogP contribution < -0.4 is 50.8 Å². The van der Waals surface area contributed by atoms with Crippen LogP contribution in [0.4, 0.5) is 21.9 Å². The topological polar surface area (TPSA) is 336 Å². The van der Waals surface area contributed by atoms with Gasteiger partial charge in [-0.15, -0.1) is 0 Å². The van der Waals surface area contributed by atoms with Gasteiger partial charge in [0.25, 0.3) is 21.9 Å². The molecule has 4 aromatic carbocycles. The lowest BCUT2D eigenvalue weighted by molar-refractivity contribution is -0.132. The van der Waals surface area contributed by atoms with Crippen LogP contribution in [-0.4, -0.2) is 170 Å². The molecule has 0 bridgehead atoms. The van der Waals surface area contributed by atoms with Crippen LogP contribution in [0.2, 0.25) is 0 Å². The normalized spacial score (nSPS) is 18.7. The van der Waals surface area contributed by atoms with Crippen molar-refractivity contribution in [1.29, 1.82) is 0 Å². The molecule has 4 heterocycles. The molecule has 25 nitrogen and oxygen atoms in total. The van der Waals surface area contributed by atoms with Gasteiger partial charge in [0, 0.05) is 37.3 Å². The Labute approximate surface area is 517 Å². The number of amides is 6. The van der Waals surface area contributed by atoms with Gasteiger partial charge in [-0.3, -0.25) is 28.5 Å². The molecular formula is C63H80N8O17S. The molecule has 480 valence electrons. The lowest BCUT2D eigenvalue weighted by Crippen LogP contribution is -2.53. The Balaban J connectivity index is 0.894. The number of hydrogen-bond donors (Lipinski definition) is 8. The van der Waals surface area contributed by atoms with E-state index in [9.17, 15) is 52.0 Å². The number of methoxy groups -OCH3 is 2. The lowest BCUT2D eigenvalue weighted by Gasteiger charge is -2.31. The second kappa shape index (κ2) is 29.8. The molecule has 0 aliphatic carbocycles. The van der Waals surface area contributed by atoms with Gasteiger partial charge in [-0.1, -0.05) is 66.8 Å². The number of fused-ring (bicyclic) bond motifs is 4. The highest BCUT2D eigenvalue weighted by molar-refractivity contribution is 7.86. The molecular weight excluding hydrogens is 1170 g/mol. The molecule has 0 spiro atoms. The van der Waals surface area contributed by atoms with E-state index in [1.807, 2.05) is 30.3 Å². The van der Waals surface area contributed by atoms with Gasteiger partial charge in [-0.25, -0.2) is 9.69 Å².